The molecule has 0 aliphatic heterocycles. The van der Waals surface area contributed by atoms with Gasteiger partial charge in [-0.15, -0.1) is 0 Å². The SMILES string of the molecule is O=S(=O)([O-])c1ccccc1P(c1ccccc1Oc1ccccc1)c1ccccc1Oc1ccccc1.O=S(=O)([O-])c1ccccc1P(c1ccccc1Oc1ccccc1)c1ccccc1Oc1ccccc1.[Pd+2]. The standard InChI is InChI=1S/2C30H23O5PS.Pd/c2*31-37(32,33)30-22-12-11-21-29(30)36(27-19-9-7-17-25(27)34-23-13-3-1-4-14-23)28-20-10-8-18-26(28)35-24-15-5-2-6-16-24;/h2*1-22H,(H,31,32,33);/q;;+2/p-2. The van der Waals surface area contributed by atoms with E-state index in [2.05, 4.69) is 0 Å². The summed E-state index contributed by atoms with van der Waals surface area (Å²) in [5, 5.41) is 3.81. The van der Waals surface area contributed by atoms with Gasteiger partial charge in [-0.2, -0.15) is 0 Å². The second-order valence-electron chi connectivity index (χ2n) is 16.0. The molecule has 376 valence electrons. The van der Waals surface area contributed by atoms with Crippen LogP contribution in [0.1, 0.15) is 0 Å². The van der Waals surface area contributed by atoms with Crippen LogP contribution in [0.15, 0.2) is 277 Å². The van der Waals surface area contributed by atoms with Gasteiger partial charge in [0.25, 0.3) is 0 Å². The molecule has 0 bridgehead atoms. The third kappa shape index (κ3) is 13.7. The van der Waals surface area contributed by atoms with Crippen LogP contribution in [0.25, 0.3) is 0 Å². The molecule has 0 fully saturated rings. The molecule has 0 atom stereocenters. The van der Waals surface area contributed by atoms with Crippen molar-refractivity contribution in [2.75, 3.05) is 0 Å². The van der Waals surface area contributed by atoms with E-state index in [1.165, 1.54) is 12.1 Å². The smallest absolute Gasteiger partial charge is 0.744 e. The van der Waals surface area contributed by atoms with Crippen LogP contribution in [-0.2, 0) is 40.7 Å². The first-order valence-electron chi connectivity index (χ1n) is 23.0. The molecule has 10 nitrogen and oxygen atoms in total. The van der Waals surface area contributed by atoms with Crippen LogP contribution in [0.5, 0.6) is 46.0 Å². The number of hydrogen-bond acceptors (Lipinski definition) is 10. The molecule has 0 saturated carbocycles. The van der Waals surface area contributed by atoms with Crippen molar-refractivity contribution in [3.8, 4) is 46.0 Å². The van der Waals surface area contributed by atoms with E-state index in [0.29, 0.717) is 56.6 Å². The van der Waals surface area contributed by atoms with E-state index in [9.17, 15) is 25.9 Å². The number of benzene rings is 10. The van der Waals surface area contributed by atoms with Gasteiger partial charge in [0.15, 0.2) is 0 Å². The first kappa shape index (κ1) is 54.0. The minimum Gasteiger partial charge on any atom is -0.744 e. The third-order valence-corrected chi connectivity index (χ3v) is 18.3. The van der Waals surface area contributed by atoms with Crippen molar-refractivity contribution in [1.82, 2.24) is 0 Å². The monoisotopic (exact) mass is 1160 g/mol. The molecule has 75 heavy (non-hydrogen) atoms. The average Bonchev–Trinajstić information content (AvgIpc) is 3.42. The minimum atomic E-state index is -4.75. The molecule has 0 unspecified atom stereocenters. The average molecular weight is 1160 g/mol. The van der Waals surface area contributed by atoms with Crippen molar-refractivity contribution < 1.29 is 65.3 Å². The molecule has 0 aliphatic carbocycles. The first-order chi connectivity index (χ1) is 36.0. The molecular formula is C60H44O10P2PdS2. The summed E-state index contributed by atoms with van der Waals surface area (Å²) in [6, 6.07) is 80.0. The zero-order chi connectivity index (χ0) is 51.3. The van der Waals surface area contributed by atoms with Gasteiger partial charge in [0.1, 0.15) is 66.2 Å². The van der Waals surface area contributed by atoms with E-state index < -0.39 is 36.1 Å². The normalized spacial score (nSPS) is 11.1. The molecule has 15 heteroatoms. The Morgan fingerprint density at radius 2 is 0.440 bits per heavy atom. The van der Waals surface area contributed by atoms with Gasteiger partial charge in [0, 0.05) is 31.8 Å². The van der Waals surface area contributed by atoms with E-state index in [-0.39, 0.29) is 30.2 Å². The van der Waals surface area contributed by atoms with Gasteiger partial charge >= 0.3 is 20.4 Å². The Morgan fingerprint density at radius 3 is 0.667 bits per heavy atom. The summed E-state index contributed by atoms with van der Waals surface area (Å²) in [4.78, 5) is -0.518. The number of ether oxygens (including phenoxy) is 4. The molecule has 0 heterocycles. The van der Waals surface area contributed by atoms with Crippen LogP contribution in [-0.4, -0.2) is 25.9 Å². The van der Waals surface area contributed by atoms with Gasteiger partial charge in [-0.25, -0.2) is 16.8 Å². The van der Waals surface area contributed by atoms with Crippen LogP contribution >= 0.6 is 15.8 Å². The van der Waals surface area contributed by atoms with E-state index >= 15 is 0 Å². The Kier molecular flexibility index (Phi) is 18.2. The van der Waals surface area contributed by atoms with Crippen LogP contribution < -0.4 is 50.8 Å². The Morgan fingerprint density at radius 1 is 0.253 bits per heavy atom. The van der Waals surface area contributed by atoms with Crippen molar-refractivity contribution in [2.45, 2.75) is 9.79 Å². The fourth-order valence-corrected chi connectivity index (χ4v) is 15.1. The van der Waals surface area contributed by atoms with Gasteiger partial charge in [-0.05, 0) is 101 Å². The van der Waals surface area contributed by atoms with Crippen molar-refractivity contribution in [3.05, 3.63) is 267 Å². The van der Waals surface area contributed by atoms with Gasteiger partial charge in [-0.3, -0.25) is 0 Å². The molecule has 0 radical (unpaired) electrons. The molecule has 10 rings (SSSR count). The second-order valence-corrected chi connectivity index (χ2v) is 23.0. The van der Waals surface area contributed by atoms with Crippen LogP contribution in [0.3, 0.4) is 0 Å². The topological polar surface area (TPSA) is 151 Å². The quantitative estimate of drug-likeness (QED) is 0.0519. The number of para-hydroxylation sites is 8. The molecule has 10 aromatic rings. The van der Waals surface area contributed by atoms with E-state index in [0.717, 1.165) is 21.2 Å². The minimum absolute atomic E-state index is 0. The fourth-order valence-electron chi connectivity index (χ4n) is 7.86. The third-order valence-electron chi connectivity index (χ3n) is 11.1. The summed E-state index contributed by atoms with van der Waals surface area (Å²) in [6.45, 7) is 0. The molecule has 0 saturated heterocycles. The van der Waals surface area contributed by atoms with Crippen LogP contribution in [0, 0.1) is 0 Å². The second kappa shape index (κ2) is 25.3. The van der Waals surface area contributed by atoms with Crippen molar-refractivity contribution in [2.24, 2.45) is 0 Å². The van der Waals surface area contributed by atoms with Gasteiger partial charge in [-0.1, -0.05) is 182 Å². The summed E-state index contributed by atoms with van der Waals surface area (Å²) < 4.78 is 99.2. The number of hydrogen-bond donors (Lipinski definition) is 0. The van der Waals surface area contributed by atoms with E-state index in [1.54, 1.807) is 36.4 Å². The summed E-state index contributed by atoms with van der Waals surface area (Å²) in [6.07, 6.45) is 0. The molecule has 0 spiro atoms. The fraction of sp³-hybridized carbons (Fsp3) is 0. The number of rotatable bonds is 16. The molecule has 0 N–H and O–H groups in total. The van der Waals surface area contributed by atoms with Crippen molar-refractivity contribution >= 4 is 67.9 Å². The van der Waals surface area contributed by atoms with E-state index in [1.807, 2.05) is 218 Å². The molecule has 0 aromatic heterocycles. The molecular weight excluding hydrogens is 1110 g/mol. The predicted octanol–water partition coefficient (Wildman–Crippen LogP) is 11.9. The maximum atomic E-state index is 12.4. The first-order valence-corrected chi connectivity index (χ1v) is 28.5. The summed E-state index contributed by atoms with van der Waals surface area (Å²) in [7, 11) is -12.7. The Hall–Kier alpha value is -7.26. The Bertz CT molecular complexity index is 3300. The maximum absolute atomic E-state index is 12.4. The Balaban J connectivity index is 0.000000197. The van der Waals surface area contributed by atoms with E-state index in [4.69, 9.17) is 18.9 Å². The summed E-state index contributed by atoms with van der Waals surface area (Å²) in [5.41, 5.74) is 0. The van der Waals surface area contributed by atoms with Crippen LogP contribution in [0.4, 0.5) is 0 Å². The molecule has 10 aromatic carbocycles. The summed E-state index contributed by atoms with van der Waals surface area (Å²) in [5.74, 6) is 4.82. The van der Waals surface area contributed by atoms with Gasteiger partial charge in [0.2, 0.25) is 0 Å². The Labute approximate surface area is 452 Å². The molecule has 0 aliphatic rings. The summed E-state index contributed by atoms with van der Waals surface area (Å²) >= 11 is 0. The zero-order valence-electron chi connectivity index (χ0n) is 39.5. The predicted molar refractivity (Wildman–Crippen MR) is 292 cm³/mol. The largest absolute Gasteiger partial charge is 2.00 e. The van der Waals surface area contributed by atoms with Crippen molar-refractivity contribution in [1.29, 1.82) is 0 Å². The van der Waals surface area contributed by atoms with Gasteiger partial charge < -0.3 is 28.1 Å². The molecule has 0 amide bonds. The van der Waals surface area contributed by atoms with Crippen LogP contribution in [0.2, 0.25) is 0 Å². The maximum Gasteiger partial charge on any atom is 2.00 e. The zero-order valence-corrected chi connectivity index (χ0v) is 44.5. The van der Waals surface area contributed by atoms with Gasteiger partial charge in [0.05, 0.1) is 9.79 Å². The van der Waals surface area contributed by atoms with Crippen molar-refractivity contribution in [3.63, 3.8) is 0 Å².